The van der Waals surface area contributed by atoms with Crippen LogP contribution in [0.4, 0.5) is 8.78 Å². The van der Waals surface area contributed by atoms with Crippen LogP contribution in [-0.2, 0) is 5.54 Å². The molecule has 0 saturated heterocycles. The first-order valence-corrected chi connectivity index (χ1v) is 6.26. The van der Waals surface area contributed by atoms with Crippen LogP contribution in [0.25, 0.3) is 0 Å². The molecule has 1 aromatic carbocycles. The zero-order valence-electron chi connectivity index (χ0n) is 10.2. The molecule has 0 aliphatic heterocycles. The summed E-state index contributed by atoms with van der Waals surface area (Å²) in [5.74, 6) is -0.414. The maximum Gasteiger partial charge on any atom is 0.131 e. The lowest BCUT2D eigenvalue weighted by Crippen LogP contribution is -2.37. The molecule has 2 atom stereocenters. The lowest BCUT2D eigenvalue weighted by atomic mass is 9.83. The molecule has 0 spiro atoms. The van der Waals surface area contributed by atoms with Crippen molar-refractivity contribution in [3.8, 4) is 0 Å². The molecule has 1 aliphatic rings. The van der Waals surface area contributed by atoms with E-state index in [4.69, 9.17) is 5.73 Å². The Morgan fingerprint density at radius 1 is 1.24 bits per heavy atom. The van der Waals surface area contributed by atoms with Crippen LogP contribution >= 0.6 is 0 Å². The lowest BCUT2D eigenvalue weighted by molar-refractivity contribution is 0.361. The van der Waals surface area contributed by atoms with Gasteiger partial charge < -0.3 is 5.73 Å². The third-order valence-electron chi connectivity index (χ3n) is 3.87. The summed E-state index contributed by atoms with van der Waals surface area (Å²) >= 11 is 0. The topological polar surface area (TPSA) is 26.0 Å². The highest BCUT2D eigenvalue weighted by molar-refractivity contribution is 5.26. The highest BCUT2D eigenvalue weighted by Crippen LogP contribution is 2.36. The fourth-order valence-electron chi connectivity index (χ4n) is 2.70. The average molecular weight is 239 g/mol. The number of rotatable bonds is 1. The first kappa shape index (κ1) is 12.5. The summed E-state index contributed by atoms with van der Waals surface area (Å²) in [6.07, 6.45) is 4.71. The highest BCUT2D eigenvalue weighted by atomic mass is 19.1. The SMILES string of the molecule is CC1CCCC(N)(c2ccc(F)cc2F)CC1. The second-order valence-corrected chi connectivity index (χ2v) is 5.32. The van der Waals surface area contributed by atoms with E-state index in [1.165, 1.54) is 12.1 Å². The van der Waals surface area contributed by atoms with Crippen molar-refractivity contribution in [3.63, 3.8) is 0 Å². The molecule has 0 bridgehead atoms. The van der Waals surface area contributed by atoms with E-state index >= 15 is 0 Å². The van der Waals surface area contributed by atoms with Crippen molar-refractivity contribution in [1.29, 1.82) is 0 Å². The van der Waals surface area contributed by atoms with Gasteiger partial charge in [-0.25, -0.2) is 8.78 Å². The molecule has 0 aromatic heterocycles. The Morgan fingerprint density at radius 2 is 2.00 bits per heavy atom. The van der Waals surface area contributed by atoms with Gasteiger partial charge >= 0.3 is 0 Å². The van der Waals surface area contributed by atoms with Gasteiger partial charge in [0.2, 0.25) is 0 Å². The smallest absolute Gasteiger partial charge is 0.131 e. The molecule has 1 saturated carbocycles. The van der Waals surface area contributed by atoms with Crippen molar-refractivity contribution >= 4 is 0 Å². The maximum atomic E-state index is 13.8. The van der Waals surface area contributed by atoms with Crippen molar-refractivity contribution in [2.75, 3.05) is 0 Å². The normalized spacial score (nSPS) is 30.0. The Hall–Kier alpha value is -0.960. The van der Waals surface area contributed by atoms with Crippen molar-refractivity contribution < 1.29 is 8.78 Å². The van der Waals surface area contributed by atoms with Crippen molar-refractivity contribution in [1.82, 2.24) is 0 Å². The Balaban J connectivity index is 2.30. The number of nitrogens with two attached hydrogens (primary N) is 1. The summed E-state index contributed by atoms with van der Waals surface area (Å²) in [6, 6.07) is 3.72. The minimum absolute atomic E-state index is 0.466. The van der Waals surface area contributed by atoms with Crippen molar-refractivity contribution in [2.45, 2.75) is 44.6 Å². The van der Waals surface area contributed by atoms with Gasteiger partial charge in [-0.2, -0.15) is 0 Å². The highest BCUT2D eigenvalue weighted by Gasteiger charge is 2.32. The van der Waals surface area contributed by atoms with E-state index < -0.39 is 17.2 Å². The quantitative estimate of drug-likeness (QED) is 0.743. The lowest BCUT2D eigenvalue weighted by Gasteiger charge is -2.29. The fourth-order valence-corrected chi connectivity index (χ4v) is 2.70. The second-order valence-electron chi connectivity index (χ2n) is 5.32. The largest absolute Gasteiger partial charge is 0.321 e. The summed E-state index contributed by atoms with van der Waals surface area (Å²) in [6.45, 7) is 2.20. The van der Waals surface area contributed by atoms with Gasteiger partial charge in [-0.15, -0.1) is 0 Å². The van der Waals surface area contributed by atoms with Gasteiger partial charge in [0.25, 0.3) is 0 Å². The van der Waals surface area contributed by atoms with Crippen LogP contribution in [0.3, 0.4) is 0 Å². The Bertz CT molecular complexity index is 405. The van der Waals surface area contributed by atoms with Gasteiger partial charge in [0.1, 0.15) is 11.6 Å². The molecule has 2 unspecified atom stereocenters. The molecular formula is C14H19F2N. The third kappa shape index (κ3) is 2.65. The monoisotopic (exact) mass is 239 g/mol. The zero-order valence-corrected chi connectivity index (χ0v) is 10.2. The summed E-state index contributed by atoms with van der Waals surface area (Å²) in [5.41, 5.74) is 6.17. The van der Waals surface area contributed by atoms with E-state index in [-0.39, 0.29) is 0 Å². The maximum absolute atomic E-state index is 13.8. The third-order valence-corrected chi connectivity index (χ3v) is 3.87. The predicted molar refractivity (Wildman–Crippen MR) is 64.5 cm³/mol. The summed E-state index contributed by atoms with van der Waals surface area (Å²) in [4.78, 5) is 0. The minimum Gasteiger partial charge on any atom is -0.321 e. The molecule has 2 rings (SSSR count). The fraction of sp³-hybridized carbons (Fsp3) is 0.571. The van der Waals surface area contributed by atoms with Crippen LogP contribution in [0, 0.1) is 17.6 Å². The molecule has 2 N–H and O–H groups in total. The van der Waals surface area contributed by atoms with Gasteiger partial charge in [0.05, 0.1) is 0 Å². The van der Waals surface area contributed by atoms with E-state index in [1.807, 2.05) is 0 Å². The zero-order chi connectivity index (χ0) is 12.5. The minimum atomic E-state index is -0.622. The molecule has 1 nitrogen and oxygen atoms in total. The van der Waals surface area contributed by atoms with E-state index in [2.05, 4.69) is 6.92 Å². The van der Waals surface area contributed by atoms with E-state index in [0.29, 0.717) is 11.5 Å². The summed E-state index contributed by atoms with van der Waals surface area (Å²) in [5, 5.41) is 0. The standard InChI is InChI=1S/C14H19F2N/c1-10-3-2-7-14(17,8-6-10)12-5-4-11(15)9-13(12)16/h4-5,9-10H,2-3,6-8,17H2,1H3. The molecule has 0 radical (unpaired) electrons. The van der Waals surface area contributed by atoms with Crippen LogP contribution in [0.2, 0.25) is 0 Å². The predicted octanol–water partition coefficient (Wildman–Crippen LogP) is 3.72. The van der Waals surface area contributed by atoms with Crippen LogP contribution in [0.15, 0.2) is 18.2 Å². The Kier molecular flexibility index (Phi) is 3.48. The Labute approximate surface area is 101 Å². The van der Waals surface area contributed by atoms with E-state index in [9.17, 15) is 8.78 Å². The number of benzene rings is 1. The number of halogens is 2. The Morgan fingerprint density at radius 3 is 2.71 bits per heavy atom. The first-order valence-electron chi connectivity index (χ1n) is 6.26. The summed E-state index contributed by atoms with van der Waals surface area (Å²) < 4.78 is 26.7. The molecule has 1 aromatic rings. The molecule has 0 heterocycles. The molecule has 17 heavy (non-hydrogen) atoms. The second kappa shape index (κ2) is 4.73. The van der Waals surface area contributed by atoms with E-state index in [1.54, 1.807) is 0 Å². The van der Waals surface area contributed by atoms with Crippen LogP contribution < -0.4 is 5.73 Å². The van der Waals surface area contributed by atoms with Gasteiger partial charge in [-0.05, 0) is 31.2 Å². The van der Waals surface area contributed by atoms with Crippen LogP contribution in [0.5, 0.6) is 0 Å². The first-order chi connectivity index (χ1) is 8.01. The average Bonchev–Trinajstić information content (AvgIpc) is 2.42. The molecule has 94 valence electrons. The molecule has 3 heteroatoms. The van der Waals surface area contributed by atoms with Crippen LogP contribution in [-0.4, -0.2) is 0 Å². The van der Waals surface area contributed by atoms with Crippen molar-refractivity contribution in [3.05, 3.63) is 35.4 Å². The van der Waals surface area contributed by atoms with Crippen molar-refractivity contribution in [2.24, 2.45) is 11.7 Å². The molecule has 1 fully saturated rings. The van der Waals surface area contributed by atoms with Crippen LogP contribution in [0.1, 0.15) is 44.6 Å². The molecule has 0 amide bonds. The van der Waals surface area contributed by atoms with Gasteiger partial charge in [0, 0.05) is 17.2 Å². The molecule has 1 aliphatic carbocycles. The van der Waals surface area contributed by atoms with E-state index in [0.717, 1.165) is 38.2 Å². The number of hydrogen-bond donors (Lipinski definition) is 1. The van der Waals surface area contributed by atoms with Gasteiger partial charge in [0.15, 0.2) is 0 Å². The number of hydrogen-bond acceptors (Lipinski definition) is 1. The molecular weight excluding hydrogens is 220 g/mol. The van der Waals surface area contributed by atoms with Gasteiger partial charge in [-0.1, -0.05) is 25.8 Å². The summed E-state index contributed by atoms with van der Waals surface area (Å²) in [7, 11) is 0. The van der Waals surface area contributed by atoms with Gasteiger partial charge in [-0.3, -0.25) is 0 Å².